The zero-order valence-corrected chi connectivity index (χ0v) is 11.3. The lowest BCUT2D eigenvalue weighted by atomic mass is 10.0. The molecule has 108 valence electrons. The maximum atomic E-state index is 12.3. The SMILES string of the molecule is CC(C)[C@H](N)C(=O)Nc1ccc(C(F)(F)F)cc1.Cl. The van der Waals surface area contributed by atoms with Crippen molar-refractivity contribution in [2.24, 2.45) is 11.7 Å². The molecule has 0 fully saturated rings. The second-order valence-electron chi connectivity index (χ2n) is 4.33. The van der Waals surface area contributed by atoms with Gasteiger partial charge in [-0.2, -0.15) is 13.2 Å². The van der Waals surface area contributed by atoms with Gasteiger partial charge in [-0.3, -0.25) is 4.79 Å². The van der Waals surface area contributed by atoms with Gasteiger partial charge in [-0.25, -0.2) is 0 Å². The van der Waals surface area contributed by atoms with E-state index >= 15 is 0 Å². The molecule has 0 saturated heterocycles. The highest BCUT2D eigenvalue weighted by molar-refractivity contribution is 5.94. The molecule has 3 nitrogen and oxygen atoms in total. The minimum atomic E-state index is -4.38. The summed E-state index contributed by atoms with van der Waals surface area (Å²) in [5, 5.41) is 2.47. The Balaban J connectivity index is 0.00000324. The third-order valence-corrected chi connectivity index (χ3v) is 2.50. The van der Waals surface area contributed by atoms with Gasteiger partial charge in [0.05, 0.1) is 11.6 Å². The van der Waals surface area contributed by atoms with Crippen LogP contribution in [-0.4, -0.2) is 11.9 Å². The number of benzene rings is 1. The standard InChI is InChI=1S/C12H15F3N2O.ClH/c1-7(2)10(16)11(18)17-9-5-3-8(4-6-9)12(13,14)15;/h3-7,10H,16H2,1-2H3,(H,17,18);1H/t10-;/m0./s1. The van der Waals surface area contributed by atoms with E-state index < -0.39 is 23.7 Å². The lowest BCUT2D eigenvalue weighted by Crippen LogP contribution is -2.39. The van der Waals surface area contributed by atoms with E-state index in [1.165, 1.54) is 12.1 Å². The predicted octanol–water partition coefficient (Wildman–Crippen LogP) is 3.05. The summed E-state index contributed by atoms with van der Waals surface area (Å²) in [5.41, 5.74) is 5.15. The second-order valence-corrected chi connectivity index (χ2v) is 4.33. The van der Waals surface area contributed by atoms with Crippen LogP contribution in [0.1, 0.15) is 19.4 Å². The molecule has 7 heteroatoms. The van der Waals surface area contributed by atoms with Crippen molar-refractivity contribution >= 4 is 24.0 Å². The van der Waals surface area contributed by atoms with E-state index in [9.17, 15) is 18.0 Å². The average Bonchev–Trinajstić information content (AvgIpc) is 2.27. The number of nitrogens with one attached hydrogen (secondary N) is 1. The van der Waals surface area contributed by atoms with Crippen LogP contribution in [-0.2, 0) is 11.0 Å². The normalized spacial score (nSPS) is 12.8. The Morgan fingerprint density at radius 1 is 1.21 bits per heavy atom. The van der Waals surface area contributed by atoms with Crippen molar-refractivity contribution < 1.29 is 18.0 Å². The Kier molecular flexibility index (Phi) is 6.32. The van der Waals surface area contributed by atoms with Gasteiger partial charge in [0.25, 0.3) is 0 Å². The Morgan fingerprint density at radius 2 is 1.68 bits per heavy atom. The minimum absolute atomic E-state index is 0. The van der Waals surface area contributed by atoms with E-state index in [4.69, 9.17) is 5.73 Å². The topological polar surface area (TPSA) is 55.1 Å². The van der Waals surface area contributed by atoms with Crippen molar-refractivity contribution in [3.8, 4) is 0 Å². The van der Waals surface area contributed by atoms with E-state index in [1.54, 1.807) is 13.8 Å². The highest BCUT2D eigenvalue weighted by Crippen LogP contribution is 2.29. The van der Waals surface area contributed by atoms with E-state index in [0.717, 1.165) is 12.1 Å². The van der Waals surface area contributed by atoms with Gasteiger partial charge >= 0.3 is 6.18 Å². The van der Waals surface area contributed by atoms with Gasteiger partial charge in [-0.1, -0.05) is 13.8 Å². The van der Waals surface area contributed by atoms with Crippen molar-refractivity contribution in [3.63, 3.8) is 0 Å². The van der Waals surface area contributed by atoms with Gasteiger partial charge in [-0.15, -0.1) is 12.4 Å². The monoisotopic (exact) mass is 296 g/mol. The third-order valence-electron chi connectivity index (χ3n) is 2.50. The van der Waals surface area contributed by atoms with Crippen molar-refractivity contribution in [2.45, 2.75) is 26.1 Å². The Morgan fingerprint density at radius 3 is 2.05 bits per heavy atom. The van der Waals surface area contributed by atoms with Crippen LogP contribution < -0.4 is 11.1 Å². The van der Waals surface area contributed by atoms with Gasteiger partial charge in [0.1, 0.15) is 0 Å². The molecular weight excluding hydrogens is 281 g/mol. The fourth-order valence-electron chi connectivity index (χ4n) is 1.27. The molecule has 1 atom stereocenters. The number of carbonyl (C=O) groups is 1. The number of carbonyl (C=O) groups excluding carboxylic acids is 1. The largest absolute Gasteiger partial charge is 0.416 e. The molecule has 0 saturated carbocycles. The van der Waals surface area contributed by atoms with Crippen molar-refractivity contribution in [1.29, 1.82) is 0 Å². The lowest BCUT2D eigenvalue weighted by Gasteiger charge is -2.15. The summed E-state index contributed by atoms with van der Waals surface area (Å²) < 4.78 is 36.9. The highest BCUT2D eigenvalue weighted by atomic mass is 35.5. The molecular formula is C12H16ClF3N2O. The van der Waals surface area contributed by atoms with Crippen LogP contribution in [0.25, 0.3) is 0 Å². The molecule has 3 N–H and O–H groups in total. The number of amides is 1. The number of anilines is 1. The molecule has 1 aromatic rings. The van der Waals surface area contributed by atoms with E-state index in [-0.39, 0.29) is 18.3 Å². The van der Waals surface area contributed by atoms with Gasteiger partial charge in [-0.05, 0) is 30.2 Å². The number of halogens is 4. The zero-order valence-electron chi connectivity index (χ0n) is 10.5. The molecule has 0 aliphatic heterocycles. The van der Waals surface area contributed by atoms with Crippen LogP contribution in [0.15, 0.2) is 24.3 Å². The number of nitrogens with two attached hydrogens (primary N) is 1. The molecule has 1 aromatic carbocycles. The predicted molar refractivity (Wildman–Crippen MR) is 70.1 cm³/mol. The first kappa shape index (κ1) is 17.7. The van der Waals surface area contributed by atoms with Crippen LogP contribution in [0.3, 0.4) is 0 Å². The molecule has 0 spiro atoms. The van der Waals surface area contributed by atoms with Gasteiger partial charge in [0.15, 0.2) is 0 Å². The smallest absolute Gasteiger partial charge is 0.325 e. The fraction of sp³-hybridized carbons (Fsp3) is 0.417. The summed E-state index contributed by atoms with van der Waals surface area (Å²) in [6, 6.07) is 3.54. The summed E-state index contributed by atoms with van der Waals surface area (Å²) >= 11 is 0. The maximum Gasteiger partial charge on any atom is 0.416 e. The Hall–Kier alpha value is -1.27. The summed E-state index contributed by atoms with van der Waals surface area (Å²) in [6.45, 7) is 3.58. The summed E-state index contributed by atoms with van der Waals surface area (Å²) in [6.07, 6.45) is -4.38. The van der Waals surface area contributed by atoms with Crippen molar-refractivity contribution in [1.82, 2.24) is 0 Å². The summed E-state index contributed by atoms with van der Waals surface area (Å²) in [4.78, 5) is 11.6. The van der Waals surface area contributed by atoms with E-state index in [0.29, 0.717) is 5.69 Å². The van der Waals surface area contributed by atoms with Crippen LogP contribution >= 0.6 is 12.4 Å². The fourth-order valence-corrected chi connectivity index (χ4v) is 1.27. The summed E-state index contributed by atoms with van der Waals surface area (Å²) in [7, 11) is 0. The number of rotatable bonds is 3. The number of alkyl halides is 3. The molecule has 0 unspecified atom stereocenters. The molecule has 0 aromatic heterocycles. The van der Waals surface area contributed by atoms with E-state index in [1.807, 2.05) is 0 Å². The van der Waals surface area contributed by atoms with E-state index in [2.05, 4.69) is 5.32 Å². The zero-order chi connectivity index (χ0) is 13.9. The molecule has 0 heterocycles. The average molecular weight is 297 g/mol. The van der Waals surface area contributed by atoms with Gasteiger partial charge in [0.2, 0.25) is 5.91 Å². The Bertz CT molecular complexity index is 418. The molecule has 1 amide bonds. The maximum absolute atomic E-state index is 12.3. The third kappa shape index (κ3) is 5.08. The molecule has 0 radical (unpaired) electrons. The molecule has 0 aliphatic rings. The van der Waals surface area contributed by atoms with Gasteiger partial charge < -0.3 is 11.1 Å². The van der Waals surface area contributed by atoms with Crippen LogP contribution in [0.5, 0.6) is 0 Å². The molecule has 19 heavy (non-hydrogen) atoms. The first-order chi connectivity index (χ1) is 8.21. The highest BCUT2D eigenvalue weighted by Gasteiger charge is 2.30. The van der Waals surface area contributed by atoms with Crippen LogP contribution in [0.4, 0.5) is 18.9 Å². The van der Waals surface area contributed by atoms with Crippen LogP contribution in [0, 0.1) is 5.92 Å². The second kappa shape index (κ2) is 6.77. The number of hydrogen-bond acceptors (Lipinski definition) is 2. The molecule has 0 aliphatic carbocycles. The minimum Gasteiger partial charge on any atom is -0.325 e. The first-order valence-corrected chi connectivity index (χ1v) is 5.45. The first-order valence-electron chi connectivity index (χ1n) is 5.45. The lowest BCUT2D eigenvalue weighted by molar-refractivity contribution is -0.137. The summed E-state index contributed by atoms with van der Waals surface area (Å²) in [5.74, 6) is -0.454. The van der Waals surface area contributed by atoms with Crippen LogP contribution in [0.2, 0.25) is 0 Å². The van der Waals surface area contributed by atoms with Crippen molar-refractivity contribution in [3.05, 3.63) is 29.8 Å². The Labute approximate surface area is 115 Å². The van der Waals surface area contributed by atoms with Crippen molar-refractivity contribution in [2.75, 3.05) is 5.32 Å². The quantitative estimate of drug-likeness (QED) is 0.901. The van der Waals surface area contributed by atoms with Gasteiger partial charge in [0, 0.05) is 5.69 Å². The molecule has 1 rings (SSSR count). The molecule has 0 bridgehead atoms. The number of hydrogen-bond donors (Lipinski definition) is 2.